The van der Waals surface area contributed by atoms with Crippen molar-refractivity contribution in [2.75, 3.05) is 20.1 Å². The molecule has 1 fully saturated rings. The molecule has 1 aromatic heterocycles. The average molecular weight is 326 g/mol. The first-order valence-corrected chi connectivity index (χ1v) is 7.03. The van der Waals surface area contributed by atoms with Crippen LogP contribution in [0.3, 0.4) is 0 Å². The molecule has 0 radical (unpaired) electrons. The number of hydrogen-bond donors (Lipinski definition) is 1. The molecule has 1 saturated heterocycles. The zero-order valence-electron chi connectivity index (χ0n) is 10.7. The fourth-order valence-electron chi connectivity index (χ4n) is 2.25. The van der Waals surface area contributed by atoms with Crippen molar-refractivity contribution < 1.29 is 9.59 Å². The molecule has 2 heterocycles. The van der Waals surface area contributed by atoms with Crippen LogP contribution in [0.5, 0.6) is 0 Å². The van der Waals surface area contributed by atoms with E-state index in [1.807, 2.05) is 0 Å². The highest BCUT2D eigenvalue weighted by atomic mass is 79.9. The van der Waals surface area contributed by atoms with E-state index < -0.39 is 0 Å². The lowest BCUT2D eigenvalue weighted by atomic mass is 9.95. The molecule has 0 aliphatic carbocycles. The van der Waals surface area contributed by atoms with Crippen molar-refractivity contribution in [1.29, 1.82) is 0 Å². The number of likely N-dealkylation sites (tertiary alicyclic amines) is 1. The molecule has 1 aliphatic rings. The summed E-state index contributed by atoms with van der Waals surface area (Å²) >= 11 is 3.36. The summed E-state index contributed by atoms with van der Waals surface area (Å²) in [7, 11) is 1.65. The van der Waals surface area contributed by atoms with Crippen molar-refractivity contribution in [2.24, 2.45) is 5.92 Å². The third-order valence-electron chi connectivity index (χ3n) is 3.40. The molecular weight excluding hydrogens is 310 g/mol. The van der Waals surface area contributed by atoms with Crippen LogP contribution in [-0.2, 0) is 4.79 Å². The van der Waals surface area contributed by atoms with E-state index in [1.54, 1.807) is 30.4 Å². The van der Waals surface area contributed by atoms with Crippen LogP contribution in [0.4, 0.5) is 0 Å². The Balaban J connectivity index is 2.00. The zero-order chi connectivity index (χ0) is 13.8. The monoisotopic (exact) mass is 325 g/mol. The van der Waals surface area contributed by atoms with E-state index >= 15 is 0 Å². The third kappa shape index (κ3) is 3.12. The largest absolute Gasteiger partial charge is 0.359 e. The summed E-state index contributed by atoms with van der Waals surface area (Å²) in [5.74, 6) is 0.0522. The number of piperidine rings is 1. The summed E-state index contributed by atoms with van der Waals surface area (Å²) in [5.41, 5.74) is 0.570. The second-order valence-electron chi connectivity index (χ2n) is 4.54. The summed E-state index contributed by atoms with van der Waals surface area (Å²) in [4.78, 5) is 29.6. The van der Waals surface area contributed by atoms with Gasteiger partial charge in [-0.2, -0.15) is 0 Å². The first-order valence-electron chi connectivity index (χ1n) is 6.24. The number of aromatic nitrogens is 1. The minimum absolute atomic E-state index is 0.0198. The highest BCUT2D eigenvalue weighted by molar-refractivity contribution is 9.10. The number of carbonyl (C=O) groups excluding carboxylic acids is 2. The third-order valence-corrected chi connectivity index (χ3v) is 4.09. The van der Waals surface area contributed by atoms with E-state index in [9.17, 15) is 9.59 Å². The number of nitrogens with one attached hydrogen (secondary N) is 1. The minimum atomic E-state index is -0.0321. The molecule has 0 bridgehead atoms. The van der Waals surface area contributed by atoms with Crippen LogP contribution in [0.2, 0.25) is 0 Å². The van der Waals surface area contributed by atoms with Gasteiger partial charge in [-0.05, 0) is 34.8 Å². The Morgan fingerprint density at radius 3 is 2.68 bits per heavy atom. The van der Waals surface area contributed by atoms with Gasteiger partial charge in [-0.15, -0.1) is 0 Å². The molecule has 5 nitrogen and oxygen atoms in total. The van der Waals surface area contributed by atoms with Gasteiger partial charge in [0.05, 0.1) is 5.56 Å². The van der Waals surface area contributed by atoms with Crippen molar-refractivity contribution in [3.8, 4) is 0 Å². The van der Waals surface area contributed by atoms with Crippen molar-refractivity contribution >= 4 is 27.7 Å². The number of amides is 2. The molecular formula is C13H16BrN3O2. The molecule has 102 valence electrons. The highest BCUT2D eigenvalue weighted by Crippen LogP contribution is 2.22. The molecule has 19 heavy (non-hydrogen) atoms. The lowest BCUT2D eigenvalue weighted by Crippen LogP contribution is -2.42. The summed E-state index contributed by atoms with van der Waals surface area (Å²) in [6, 6.07) is 1.75. The number of halogens is 1. The Morgan fingerprint density at radius 1 is 1.42 bits per heavy atom. The maximum atomic E-state index is 12.3. The van der Waals surface area contributed by atoms with E-state index in [4.69, 9.17) is 0 Å². The normalized spacial score (nSPS) is 16.2. The van der Waals surface area contributed by atoms with Gasteiger partial charge in [0.15, 0.2) is 0 Å². The van der Waals surface area contributed by atoms with Gasteiger partial charge >= 0.3 is 0 Å². The first-order chi connectivity index (χ1) is 9.13. The van der Waals surface area contributed by atoms with Crippen molar-refractivity contribution in [1.82, 2.24) is 15.2 Å². The Kier molecular flexibility index (Phi) is 4.52. The van der Waals surface area contributed by atoms with E-state index in [0.717, 1.165) is 4.47 Å². The van der Waals surface area contributed by atoms with Crippen LogP contribution < -0.4 is 5.32 Å². The SMILES string of the molecule is CNC(=O)C1CCN(C(=O)c2cnccc2Br)CC1. The maximum absolute atomic E-state index is 12.3. The number of pyridine rings is 1. The van der Waals surface area contributed by atoms with Crippen LogP contribution in [0.15, 0.2) is 22.9 Å². The number of rotatable bonds is 2. The molecule has 0 aromatic carbocycles. The van der Waals surface area contributed by atoms with E-state index in [-0.39, 0.29) is 17.7 Å². The fraction of sp³-hybridized carbons (Fsp3) is 0.462. The predicted octanol–water partition coefficient (Wildman–Crippen LogP) is 1.44. The lowest BCUT2D eigenvalue weighted by Gasteiger charge is -2.31. The summed E-state index contributed by atoms with van der Waals surface area (Å²) < 4.78 is 0.751. The maximum Gasteiger partial charge on any atom is 0.256 e. The van der Waals surface area contributed by atoms with Gasteiger partial charge in [-0.1, -0.05) is 0 Å². The van der Waals surface area contributed by atoms with Crippen LogP contribution in [0, 0.1) is 5.92 Å². The molecule has 2 rings (SSSR count). The standard InChI is InChI=1S/C13H16BrN3O2/c1-15-12(18)9-3-6-17(7-4-9)13(19)10-8-16-5-2-11(10)14/h2,5,8-9H,3-4,6-7H2,1H3,(H,15,18). The molecule has 0 atom stereocenters. The highest BCUT2D eigenvalue weighted by Gasteiger charge is 2.27. The second kappa shape index (κ2) is 6.14. The average Bonchev–Trinajstić information content (AvgIpc) is 2.46. The van der Waals surface area contributed by atoms with Crippen molar-refractivity contribution in [2.45, 2.75) is 12.8 Å². The molecule has 2 amide bonds. The summed E-state index contributed by atoms with van der Waals surface area (Å²) in [6.07, 6.45) is 4.63. The van der Waals surface area contributed by atoms with Crippen LogP contribution in [-0.4, -0.2) is 41.8 Å². The van der Waals surface area contributed by atoms with Gasteiger partial charge in [0.2, 0.25) is 5.91 Å². The zero-order valence-corrected chi connectivity index (χ0v) is 12.3. The van der Waals surface area contributed by atoms with E-state index in [2.05, 4.69) is 26.2 Å². The Labute approximate surface area is 120 Å². The van der Waals surface area contributed by atoms with E-state index in [1.165, 1.54) is 0 Å². The van der Waals surface area contributed by atoms with Gasteiger partial charge in [0, 0.05) is 42.9 Å². The van der Waals surface area contributed by atoms with Gasteiger partial charge in [-0.3, -0.25) is 14.6 Å². The Hall–Kier alpha value is -1.43. The van der Waals surface area contributed by atoms with Crippen molar-refractivity contribution in [3.63, 3.8) is 0 Å². The van der Waals surface area contributed by atoms with Gasteiger partial charge in [-0.25, -0.2) is 0 Å². The molecule has 6 heteroatoms. The quantitative estimate of drug-likeness (QED) is 0.895. The number of hydrogen-bond acceptors (Lipinski definition) is 3. The van der Waals surface area contributed by atoms with Crippen LogP contribution in [0.25, 0.3) is 0 Å². The topological polar surface area (TPSA) is 62.3 Å². The molecule has 0 spiro atoms. The molecule has 1 aliphatic heterocycles. The van der Waals surface area contributed by atoms with Gasteiger partial charge in [0.1, 0.15) is 0 Å². The summed E-state index contributed by atoms with van der Waals surface area (Å²) in [6.45, 7) is 1.22. The molecule has 0 saturated carbocycles. The van der Waals surface area contributed by atoms with Crippen molar-refractivity contribution in [3.05, 3.63) is 28.5 Å². The minimum Gasteiger partial charge on any atom is -0.359 e. The lowest BCUT2D eigenvalue weighted by molar-refractivity contribution is -0.125. The first kappa shape index (κ1) is 14.0. The predicted molar refractivity (Wildman–Crippen MR) is 74.6 cm³/mol. The van der Waals surface area contributed by atoms with E-state index in [0.29, 0.717) is 31.5 Å². The molecule has 1 aromatic rings. The van der Waals surface area contributed by atoms with Crippen LogP contribution >= 0.6 is 15.9 Å². The number of nitrogens with zero attached hydrogens (tertiary/aromatic N) is 2. The van der Waals surface area contributed by atoms with Gasteiger partial charge < -0.3 is 10.2 Å². The molecule has 1 N–H and O–H groups in total. The Bertz CT molecular complexity index is 485. The number of carbonyl (C=O) groups is 2. The summed E-state index contributed by atoms with van der Waals surface area (Å²) in [5, 5.41) is 2.66. The van der Waals surface area contributed by atoms with Crippen LogP contribution in [0.1, 0.15) is 23.2 Å². The Morgan fingerprint density at radius 2 is 2.11 bits per heavy atom. The second-order valence-corrected chi connectivity index (χ2v) is 5.39. The fourth-order valence-corrected chi connectivity index (χ4v) is 2.64. The molecule has 0 unspecified atom stereocenters. The van der Waals surface area contributed by atoms with Gasteiger partial charge in [0.25, 0.3) is 5.91 Å². The smallest absolute Gasteiger partial charge is 0.256 e.